The van der Waals surface area contributed by atoms with Crippen LogP contribution in [0.5, 0.6) is 0 Å². The van der Waals surface area contributed by atoms with Gasteiger partial charge in [0, 0.05) is 19.2 Å². The molecule has 0 bridgehead atoms. The SMILES string of the molecule is O=C(NCCCOC1CCNCC1)NC1CC1. The third kappa shape index (κ3) is 5.37. The number of urea groups is 1. The van der Waals surface area contributed by atoms with Crippen molar-refractivity contribution in [3.05, 3.63) is 0 Å². The number of hydrogen-bond donors (Lipinski definition) is 3. The van der Waals surface area contributed by atoms with Gasteiger partial charge in [0.15, 0.2) is 0 Å². The number of hydrogen-bond acceptors (Lipinski definition) is 3. The maximum atomic E-state index is 11.3. The van der Waals surface area contributed by atoms with Crippen molar-refractivity contribution in [1.82, 2.24) is 16.0 Å². The number of amides is 2. The third-order valence-electron chi connectivity index (χ3n) is 3.16. The molecule has 2 rings (SSSR count). The van der Waals surface area contributed by atoms with Crippen molar-refractivity contribution in [1.29, 1.82) is 0 Å². The van der Waals surface area contributed by atoms with Crippen LogP contribution >= 0.6 is 0 Å². The van der Waals surface area contributed by atoms with E-state index < -0.39 is 0 Å². The summed E-state index contributed by atoms with van der Waals surface area (Å²) in [4.78, 5) is 11.3. The van der Waals surface area contributed by atoms with Gasteiger partial charge in [0.1, 0.15) is 0 Å². The first-order valence-corrected chi connectivity index (χ1v) is 6.71. The second-order valence-corrected chi connectivity index (χ2v) is 4.85. The van der Waals surface area contributed by atoms with E-state index >= 15 is 0 Å². The predicted molar refractivity (Wildman–Crippen MR) is 66.0 cm³/mol. The van der Waals surface area contributed by atoms with Gasteiger partial charge in [-0.3, -0.25) is 0 Å². The molecular formula is C12H23N3O2. The molecule has 1 aliphatic heterocycles. The summed E-state index contributed by atoms with van der Waals surface area (Å²) < 4.78 is 5.75. The van der Waals surface area contributed by atoms with E-state index in [1.165, 1.54) is 0 Å². The highest BCUT2D eigenvalue weighted by atomic mass is 16.5. The second kappa shape index (κ2) is 6.81. The third-order valence-corrected chi connectivity index (χ3v) is 3.16. The molecule has 1 aliphatic carbocycles. The first kappa shape index (κ1) is 12.6. The first-order valence-electron chi connectivity index (χ1n) is 6.71. The maximum absolute atomic E-state index is 11.3. The van der Waals surface area contributed by atoms with Crippen LogP contribution in [0.25, 0.3) is 0 Å². The van der Waals surface area contributed by atoms with E-state index in [2.05, 4.69) is 16.0 Å². The molecule has 1 saturated heterocycles. The summed E-state index contributed by atoms with van der Waals surface area (Å²) >= 11 is 0. The zero-order chi connectivity index (χ0) is 11.9. The van der Waals surface area contributed by atoms with Gasteiger partial charge in [-0.2, -0.15) is 0 Å². The molecule has 0 spiro atoms. The number of carbonyl (C=O) groups is 1. The molecule has 5 nitrogen and oxygen atoms in total. The van der Waals surface area contributed by atoms with Gasteiger partial charge in [0.05, 0.1) is 6.10 Å². The van der Waals surface area contributed by atoms with E-state index in [0.717, 1.165) is 51.8 Å². The Kier molecular flexibility index (Phi) is 5.07. The Hall–Kier alpha value is -0.810. The molecular weight excluding hydrogens is 218 g/mol. The summed E-state index contributed by atoms with van der Waals surface area (Å²) in [6.45, 7) is 3.57. The Morgan fingerprint density at radius 1 is 1.24 bits per heavy atom. The predicted octanol–water partition coefficient (Wildman–Crippen LogP) is 0.607. The van der Waals surface area contributed by atoms with Gasteiger partial charge < -0.3 is 20.7 Å². The van der Waals surface area contributed by atoms with Gasteiger partial charge in [0.25, 0.3) is 0 Å². The van der Waals surface area contributed by atoms with E-state index in [1.54, 1.807) is 0 Å². The van der Waals surface area contributed by atoms with Gasteiger partial charge in [-0.25, -0.2) is 4.79 Å². The van der Waals surface area contributed by atoms with Crippen LogP contribution in [-0.4, -0.2) is 44.4 Å². The van der Waals surface area contributed by atoms with Crippen LogP contribution in [0.4, 0.5) is 4.79 Å². The summed E-state index contributed by atoms with van der Waals surface area (Å²) in [6, 6.07) is 0.398. The minimum absolute atomic E-state index is 0.0330. The first-order chi connectivity index (χ1) is 8.34. The highest BCUT2D eigenvalue weighted by Crippen LogP contribution is 2.18. The van der Waals surface area contributed by atoms with Crippen LogP contribution in [0.1, 0.15) is 32.1 Å². The zero-order valence-corrected chi connectivity index (χ0v) is 10.3. The van der Waals surface area contributed by atoms with Crippen LogP contribution in [0.3, 0.4) is 0 Å². The molecule has 0 radical (unpaired) electrons. The molecule has 0 aromatic rings. The quantitative estimate of drug-likeness (QED) is 0.597. The smallest absolute Gasteiger partial charge is 0.315 e. The molecule has 1 saturated carbocycles. The molecule has 1 heterocycles. The van der Waals surface area contributed by atoms with E-state index in [0.29, 0.717) is 18.7 Å². The molecule has 2 aliphatic rings. The van der Waals surface area contributed by atoms with Gasteiger partial charge >= 0.3 is 6.03 Å². The Balaban J connectivity index is 1.41. The summed E-state index contributed by atoms with van der Waals surface area (Å²) in [5.74, 6) is 0. The average Bonchev–Trinajstić information content (AvgIpc) is 3.14. The van der Waals surface area contributed by atoms with Gasteiger partial charge in [0.2, 0.25) is 0 Å². The molecule has 3 N–H and O–H groups in total. The highest BCUT2D eigenvalue weighted by Gasteiger charge is 2.22. The monoisotopic (exact) mass is 241 g/mol. The Bertz CT molecular complexity index is 238. The van der Waals surface area contributed by atoms with Crippen LogP contribution in [0, 0.1) is 0 Å². The number of nitrogens with one attached hydrogen (secondary N) is 3. The number of ether oxygens (including phenoxy) is 1. The fourth-order valence-corrected chi connectivity index (χ4v) is 1.95. The maximum Gasteiger partial charge on any atom is 0.315 e. The lowest BCUT2D eigenvalue weighted by Gasteiger charge is -2.22. The minimum Gasteiger partial charge on any atom is -0.378 e. The van der Waals surface area contributed by atoms with Crippen molar-refractivity contribution in [2.24, 2.45) is 0 Å². The minimum atomic E-state index is -0.0330. The molecule has 0 unspecified atom stereocenters. The normalized spacial score (nSPS) is 21.2. The summed E-state index contributed by atoms with van der Waals surface area (Å²) in [6.07, 6.45) is 5.78. The molecule has 2 amide bonds. The largest absolute Gasteiger partial charge is 0.378 e. The van der Waals surface area contributed by atoms with E-state index in [1.807, 2.05) is 0 Å². The topological polar surface area (TPSA) is 62.4 Å². The van der Waals surface area contributed by atoms with Crippen molar-refractivity contribution in [2.75, 3.05) is 26.2 Å². The molecule has 98 valence electrons. The van der Waals surface area contributed by atoms with E-state index in [-0.39, 0.29) is 6.03 Å². The van der Waals surface area contributed by atoms with Crippen molar-refractivity contribution in [2.45, 2.75) is 44.2 Å². The van der Waals surface area contributed by atoms with Crippen molar-refractivity contribution < 1.29 is 9.53 Å². The number of carbonyl (C=O) groups excluding carboxylic acids is 1. The van der Waals surface area contributed by atoms with Gasteiger partial charge in [-0.05, 0) is 45.2 Å². The fraction of sp³-hybridized carbons (Fsp3) is 0.917. The zero-order valence-electron chi connectivity index (χ0n) is 10.3. The summed E-state index contributed by atoms with van der Waals surface area (Å²) in [7, 11) is 0. The Morgan fingerprint density at radius 3 is 2.71 bits per heavy atom. The summed E-state index contributed by atoms with van der Waals surface area (Å²) in [5, 5.41) is 9.05. The Morgan fingerprint density at radius 2 is 2.00 bits per heavy atom. The summed E-state index contributed by atoms with van der Waals surface area (Å²) in [5.41, 5.74) is 0. The van der Waals surface area contributed by atoms with Crippen molar-refractivity contribution in [3.8, 4) is 0 Å². The van der Waals surface area contributed by atoms with Crippen LogP contribution in [0.2, 0.25) is 0 Å². The highest BCUT2D eigenvalue weighted by molar-refractivity contribution is 5.74. The molecule has 2 fully saturated rings. The van der Waals surface area contributed by atoms with E-state index in [9.17, 15) is 4.79 Å². The lowest BCUT2D eigenvalue weighted by Crippen LogP contribution is -2.37. The number of rotatable bonds is 6. The van der Waals surface area contributed by atoms with Crippen molar-refractivity contribution in [3.63, 3.8) is 0 Å². The molecule has 0 atom stereocenters. The van der Waals surface area contributed by atoms with Crippen molar-refractivity contribution >= 4 is 6.03 Å². The second-order valence-electron chi connectivity index (χ2n) is 4.85. The average molecular weight is 241 g/mol. The molecule has 0 aromatic heterocycles. The lowest BCUT2D eigenvalue weighted by atomic mass is 10.1. The van der Waals surface area contributed by atoms with Gasteiger partial charge in [-0.1, -0.05) is 0 Å². The van der Waals surface area contributed by atoms with Crippen LogP contribution in [0.15, 0.2) is 0 Å². The molecule has 17 heavy (non-hydrogen) atoms. The van der Waals surface area contributed by atoms with Gasteiger partial charge in [-0.15, -0.1) is 0 Å². The van der Waals surface area contributed by atoms with Crippen LogP contribution in [-0.2, 0) is 4.74 Å². The molecule has 0 aromatic carbocycles. The Labute approximate surface area is 103 Å². The number of piperidine rings is 1. The molecule has 5 heteroatoms. The van der Waals surface area contributed by atoms with Crippen LogP contribution < -0.4 is 16.0 Å². The standard InChI is InChI=1S/C12H23N3O2/c16-12(15-10-2-3-10)14-6-1-9-17-11-4-7-13-8-5-11/h10-11,13H,1-9H2,(H2,14,15,16). The van der Waals surface area contributed by atoms with E-state index in [4.69, 9.17) is 4.74 Å². The lowest BCUT2D eigenvalue weighted by molar-refractivity contribution is 0.0320. The fourth-order valence-electron chi connectivity index (χ4n) is 1.95.